The minimum Gasteiger partial charge on any atom is -0.455 e. The highest BCUT2D eigenvalue weighted by atomic mass is 35.5. The third-order valence-electron chi connectivity index (χ3n) is 8.89. The van der Waals surface area contributed by atoms with Gasteiger partial charge in [0.05, 0.1) is 23.1 Å². The van der Waals surface area contributed by atoms with Crippen molar-refractivity contribution in [2.24, 2.45) is 10.9 Å². The topological polar surface area (TPSA) is 248 Å². The van der Waals surface area contributed by atoms with E-state index in [9.17, 15) is 29.7 Å². The number of rotatable bonds is 9. The summed E-state index contributed by atoms with van der Waals surface area (Å²) < 4.78 is 6.75. The molecule has 1 aliphatic heterocycles. The Balaban J connectivity index is 1.22. The van der Waals surface area contributed by atoms with E-state index < -0.39 is 35.3 Å². The Morgan fingerprint density at radius 3 is 2.43 bits per heavy atom. The number of ether oxygens (including phenoxy) is 1. The number of aromatic nitrogens is 5. The van der Waals surface area contributed by atoms with E-state index in [-0.39, 0.29) is 28.7 Å². The van der Waals surface area contributed by atoms with E-state index in [1.165, 1.54) is 17.1 Å². The number of aromatic amines is 1. The average Bonchev–Trinajstić information content (AvgIpc) is 3.89. The summed E-state index contributed by atoms with van der Waals surface area (Å²) >= 11 is 6.19. The van der Waals surface area contributed by atoms with Gasteiger partial charge < -0.3 is 30.6 Å². The van der Waals surface area contributed by atoms with Crippen LogP contribution in [-0.4, -0.2) is 84.5 Å². The summed E-state index contributed by atoms with van der Waals surface area (Å²) in [5.74, 6) is -3.06. The molecule has 5 N–H and O–H groups in total. The number of halogens is 1. The molecule has 0 spiro atoms. The number of H-pyrrole nitrogens is 1. The summed E-state index contributed by atoms with van der Waals surface area (Å²) in [5.41, 5.74) is 2.13. The zero-order chi connectivity index (χ0) is 41.4. The Hall–Kier alpha value is -7.31. The molecule has 3 amide bonds. The van der Waals surface area contributed by atoms with Gasteiger partial charge in [0.2, 0.25) is 11.9 Å². The summed E-state index contributed by atoms with van der Waals surface area (Å²) in [6.45, 7) is 6.42. The van der Waals surface area contributed by atoms with Crippen LogP contribution in [-0.2, 0) is 25.5 Å². The molecule has 1 atom stereocenters. The molecule has 19 heteroatoms. The fourth-order valence-corrected chi connectivity index (χ4v) is 6.26. The van der Waals surface area contributed by atoms with Crippen molar-refractivity contribution in [3.05, 3.63) is 89.3 Å². The Morgan fingerprint density at radius 2 is 1.76 bits per heavy atom. The quantitative estimate of drug-likeness (QED) is 0.0349. The van der Waals surface area contributed by atoms with E-state index in [2.05, 4.69) is 52.8 Å². The predicted molar refractivity (Wildman–Crippen MR) is 213 cm³/mol. The predicted octanol–water partition coefficient (Wildman–Crippen LogP) is 4.35. The van der Waals surface area contributed by atoms with Gasteiger partial charge in [-0.15, -0.1) is 5.10 Å². The summed E-state index contributed by atoms with van der Waals surface area (Å²) in [6.07, 6.45) is 4.49. The number of amides is 3. The van der Waals surface area contributed by atoms with Crippen LogP contribution in [0, 0.1) is 28.7 Å². The van der Waals surface area contributed by atoms with Crippen molar-refractivity contribution in [1.82, 2.24) is 40.7 Å². The number of fused-ring (bicyclic) bond motifs is 1. The van der Waals surface area contributed by atoms with Crippen LogP contribution < -0.4 is 21.3 Å². The number of nitrogens with one attached hydrogen (secondary N) is 5. The van der Waals surface area contributed by atoms with E-state index >= 15 is 0 Å². The second-order valence-electron chi connectivity index (χ2n) is 14.3. The molecule has 1 saturated heterocycles. The summed E-state index contributed by atoms with van der Waals surface area (Å²) in [7, 11) is 0. The molecular formula is C39H38ClN13O5. The first-order chi connectivity index (χ1) is 27.8. The molecule has 3 heterocycles. The number of carbonyl (C=O) groups is 4. The number of anilines is 2. The number of guanidine groups is 1. The molecule has 0 radical (unpaired) electrons. The standard InChI is InChI=1S/C39H38ClN13O5/c1-39(2,3)58-37(57)32-18-25-17-28(9-10-29(25)47-32)45-34(54)31(49-36(56)35(55)48-30-19-26(40)6-11-33(30)53-22-44-50-51-53)16-23-4-7-27(8-5-23)46-38(43-21-42)52-14-12-24(20-41)13-15-52/h4-11,17-19,22,24,31,47H,12-16H2,1-3H3,(H,43,46)(H,45,54)(H,48,55)(H,49,56)/t31-/m0/s1. The van der Waals surface area contributed by atoms with Gasteiger partial charge in [-0.2, -0.15) is 15.2 Å². The lowest BCUT2D eigenvalue weighted by molar-refractivity contribution is -0.137. The largest absolute Gasteiger partial charge is 0.455 e. The van der Waals surface area contributed by atoms with Crippen LogP contribution in [0.1, 0.15) is 49.7 Å². The van der Waals surface area contributed by atoms with E-state index in [0.29, 0.717) is 65.4 Å². The molecule has 296 valence electrons. The molecule has 0 saturated carbocycles. The zero-order valence-electron chi connectivity index (χ0n) is 31.6. The Morgan fingerprint density at radius 1 is 1.00 bits per heavy atom. The summed E-state index contributed by atoms with van der Waals surface area (Å²) in [5, 5.41) is 41.1. The molecule has 1 aliphatic rings. The number of benzene rings is 3. The third kappa shape index (κ3) is 10.3. The number of likely N-dealkylation sites (tertiary alicyclic amines) is 1. The highest BCUT2D eigenvalue weighted by Gasteiger charge is 2.27. The second kappa shape index (κ2) is 17.7. The molecule has 1 fully saturated rings. The molecule has 0 bridgehead atoms. The van der Waals surface area contributed by atoms with Gasteiger partial charge in [-0.25, -0.2) is 9.79 Å². The number of nitrogens with zero attached hydrogens (tertiary/aromatic N) is 8. The first kappa shape index (κ1) is 40.4. The molecule has 58 heavy (non-hydrogen) atoms. The van der Waals surface area contributed by atoms with E-state index in [0.717, 1.165) is 0 Å². The van der Waals surface area contributed by atoms with Crippen molar-refractivity contribution in [2.45, 2.75) is 51.7 Å². The Bertz CT molecular complexity index is 2440. The molecule has 6 rings (SSSR count). The maximum atomic E-state index is 13.9. The lowest BCUT2D eigenvalue weighted by atomic mass is 9.99. The van der Waals surface area contributed by atoms with Gasteiger partial charge in [0.15, 0.2) is 6.19 Å². The van der Waals surface area contributed by atoms with Gasteiger partial charge in [0.25, 0.3) is 0 Å². The lowest BCUT2D eigenvalue weighted by Crippen LogP contribution is -2.49. The van der Waals surface area contributed by atoms with Gasteiger partial charge in [-0.05, 0) is 104 Å². The second-order valence-corrected chi connectivity index (χ2v) is 14.7. The normalized spacial score (nSPS) is 13.8. The first-order valence-corrected chi connectivity index (χ1v) is 18.5. The third-order valence-corrected chi connectivity index (χ3v) is 9.13. The minimum absolute atomic E-state index is 0.0396. The van der Waals surface area contributed by atoms with Crippen LogP contribution in [0.4, 0.5) is 17.1 Å². The maximum Gasteiger partial charge on any atom is 0.355 e. The zero-order valence-corrected chi connectivity index (χ0v) is 32.4. The number of tetrazole rings is 1. The Kier molecular flexibility index (Phi) is 12.3. The van der Waals surface area contributed by atoms with E-state index in [4.69, 9.17) is 16.3 Å². The maximum absolute atomic E-state index is 13.9. The van der Waals surface area contributed by atoms with Crippen molar-refractivity contribution in [2.75, 3.05) is 23.7 Å². The molecule has 0 unspecified atom stereocenters. The van der Waals surface area contributed by atoms with Crippen LogP contribution in [0.25, 0.3) is 16.6 Å². The minimum atomic E-state index is -1.26. The van der Waals surface area contributed by atoms with Crippen molar-refractivity contribution in [1.29, 1.82) is 10.5 Å². The smallest absolute Gasteiger partial charge is 0.355 e. The number of nitriles is 2. The van der Waals surface area contributed by atoms with Crippen molar-refractivity contribution in [3.8, 4) is 17.9 Å². The molecule has 5 aromatic rings. The van der Waals surface area contributed by atoms with Crippen molar-refractivity contribution in [3.63, 3.8) is 0 Å². The van der Waals surface area contributed by atoms with Gasteiger partial charge in [0, 0.05) is 47.0 Å². The fraction of sp³-hybridized carbons (Fsp3) is 0.282. The van der Waals surface area contributed by atoms with Crippen molar-refractivity contribution < 1.29 is 23.9 Å². The molecule has 18 nitrogen and oxygen atoms in total. The van der Waals surface area contributed by atoms with Crippen LogP contribution in [0.3, 0.4) is 0 Å². The van der Waals surface area contributed by atoms with Gasteiger partial charge in [-0.1, -0.05) is 23.7 Å². The number of hydrogen-bond acceptors (Lipinski definition) is 11. The number of hydrogen-bond donors (Lipinski definition) is 5. The highest BCUT2D eigenvalue weighted by Crippen LogP contribution is 2.25. The molecular weight excluding hydrogens is 766 g/mol. The molecule has 0 aliphatic carbocycles. The fourth-order valence-electron chi connectivity index (χ4n) is 6.09. The van der Waals surface area contributed by atoms with Gasteiger partial charge >= 0.3 is 17.8 Å². The number of esters is 1. The number of piperidine rings is 1. The number of aliphatic imine (C=N–C) groups is 1. The molecule has 3 aromatic carbocycles. The van der Waals surface area contributed by atoms with Crippen LogP contribution >= 0.6 is 11.6 Å². The number of carbonyl (C=O) groups excluding carboxylic acids is 4. The SMILES string of the molecule is CC(C)(C)OC(=O)c1cc2cc(NC(=O)[C@H](Cc3ccc(N=C(NC#N)N4CCC(C#N)CC4)cc3)NC(=O)C(=O)Nc3cc(Cl)ccc3-n3cnnn3)ccc2[nH]1. The van der Waals surface area contributed by atoms with Gasteiger partial charge in [-0.3, -0.25) is 19.7 Å². The monoisotopic (exact) mass is 803 g/mol. The molecule has 2 aromatic heterocycles. The first-order valence-electron chi connectivity index (χ1n) is 18.1. The van der Waals surface area contributed by atoms with E-state index in [1.807, 2.05) is 11.1 Å². The Labute approximate surface area is 337 Å². The van der Waals surface area contributed by atoms with E-state index in [1.54, 1.807) is 81.4 Å². The lowest BCUT2D eigenvalue weighted by Gasteiger charge is -2.30. The van der Waals surface area contributed by atoms with Crippen LogP contribution in [0.15, 0.2) is 78.0 Å². The van der Waals surface area contributed by atoms with Crippen LogP contribution in [0.5, 0.6) is 0 Å². The highest BCUT2D eigenvalue weighted by molar-refractivity contribution is 6.40. The summed E-state index contributed by atoms with van der Waals surface area (Å²) in [6, 6.07) is 19.0. The van der Waals surface area contributed by atoms with Crippen molar-refractivity contribution >= 4 is 69.2 Å². The average molecular weight is 804 g/mol. The summed E-state index contributed by atoms with van der Waals surface area (Å²) in [4.78, 5) is 62.9. The van der Waals surface area contributed by atoms with Crippen LogP contribution in [0.2, 0.25) is 5.02 Å². The van der Waals surface area contributed by atoms with Gasteiger partial charge in [0.1, 0.15) is 23.7 Å².